The van der Waals surface area contributed by atoms with Crippen LogP contribution in [0.2, 0.25) is 0 Å². The van der Waals surface area contributed by atoms with E-state index in [1.54, 1.807) is 0 Å². The first-order chi connectivity index (χ1) is 9.76. The fraction of sp³-hybridized carbons (Fsp3) is 0.588. The van der Waals surface area contributed by atoms with Crippen LogP contribution < -0.4 is 10.5 Å². The van der Waals surface area contributed by atoms with E-state index in [-0.39, 0.29) is 5.92 Å². The third-order valence-electron chi connectivity index (χ3n) is 4.52. The molecule has 108 valence electrons. The van der Waals surface area contributed by atoms with Gasteiger partial charge in [0.1, 0.15) is 5.75 Å². The van der Waals surface area contributed by atoms with E-state index < -0.39 is 0 Å². The van der Waals surface area contributed by atoms with Crippen molar-refractivity contribution in [3.8, 4) is 5.75 Å². The summed E-state index contributed by atoms with van der Waals surface area (Å²) in [5, 5.41) is 0. The molecule has 0 aliphatic heterocycles. The molecule has 0 aromatic heterocycles. The Bertz CT molecular complexity index is 456. The fourth-order valence-corrected chi connectivity index (χ4v) is 2.97. The number of hydrogen-bond donors (Lipinski definition) is 1. The molecule has 2 N–H and O–H groups in total. The average Bonchev–Trinajstić information content (AvgIpc) is 3.31. The number of nitrogens with two attached hydrogens (primary N) is 1. The normalized spacial score (nSPS) is 26.2. The van der Waals surface area contributed by atoms with Gasteiger partial charge in [-0.2, -0.15) is 0 Å². The van der Waals surface area contributed by atoms with Crippen molar-refractivity contribution < 1.29 is 9.53 Å². The first kappa shape index (κ1) is 13.6. The number of benzene rings is 1. The summed E-state index contributed by atoms with van der Waals surface area (Å²) < 4.78 is 5.71. The molecule has 2 saturated carbocycles. The highest BCUT2D eigenvalue weighted by Crippen LogP contribution is 2.31. The van der Waals surface area contributed by atoms with E-state index in [2.05, 4.69) is 0 Å². The Morgan fingerprint density at radius 3 is 2.25 bits per heavy atom. The van der Waals surface area contributed by atoms with Crippen molar-refractivity contribution in [2.24, 2.45) is 17.6 Å². The maximum atomic E-state index is 12.5. The molecule has 2 fully saturated rings. The first-order valence-corrected chi connectivity index (χ1v) is 7.77. The molecule has 0 spiro atoms. The predicted molar refractivity (Wildman–Crippen MR) is 78.9 cm³/mol. The van der Waals surface area contributed by atoms with E-state index in [1.807, 2.05) is 24.3 Å². The van der Waals surface area contributed by atoms with E-state index >= 15 is 0 Å². The number of carbonyl (C=O) groups excluding carboxylic acids is 1. The summed E-state index contributed by atoms with van der Waals surface area (Å²) >= 11 is 0. The van der Waals surface area contributed by atoms with Gasteiger partial charge in [-0.15, -0.1) is 0 Å². The second-order valence-corrected chi connectivity index (χ2v) is 6.16. The van der Waals surface area contributed by atoms with E-state index in [0.717, 1.165) is 56.4 Å². The molecule has 0 heterocycles. The summed E-state index contributed by atoms with van der Waals surface area (Å²) in [4.78, 5) is 12.5. The van der Waals surface area contributed by atoms with Gasteiger partial charge < -0.3 is 10.5 Å². The van der Waals surface area contributed by atoms with E-state index in [4.69, 9.17) is 10.5 Å². The molecule has 20 heavy (non-hydrogen) atoms. The molecule has 0 radical (unpaired) electrons. The highest BCUT2D eigenvalue weighted by Gasteiger charge is 2.27. The van der Waals surface area contributed by atoms with Crippen molar-refractivity contribution in [2.45, 2.75) is 44.6 Å². The maximum absolute atomic E-state index is 12.5. The molecule has 0 atom stereocenters. The zero-order valence-electron chi connectivity index (χ0n) is 11.9. The lowest BCUT2D eigenvalue weighted by molar-refractivity contribution is 0.0873. The van der Waals surface area contributed by atoms with Crippen LogP contribution in [0.5, 0.6) is 5.75 Å². The van der Waals surface area contributed by atoms with Crippen LogP contribution in [0.4, 0.5) is 0 Å². The van der Waals surface area contributed by atoms with Crippen molar-refractivity contribution in [1.82, 2.24) is 0 Å². The Hall–Kier alpha value is -1.35. The van der Waals surface area contributed by atoms with Crippen LogP contribution in [-0.2, 0) is 0 Å². The molecule has 0 amide bonds. The minimum Gasteiger partial charge on any atom is -0.490 e. The summed E-state index contributed by atoms with van der Waals surface area (Å²) in [5.41, 5.74) is 6.52. The van der Waals surface area contributed by atoms with Gasteiger partial charge in [0.2, 0.25) is 0 Å². The SMILES string of the molecule is NCC1CCC(C(=O)c2ccc(OC3CC3)cc2)CC1. The van der Waals surface area contributed by atoms with Crippen molar-refractivity contribution in [3.63, 3.8) is 0 Å². The van der Waals surface area contributed by atoms with Gasteiger partial charge in [-0.25, -0.2) is 0 Å². The van der Waals surface area contributed by atoms with Gasteiger partial charge in [-0.05, 0) is 75.3 Å². The van der Waals surface area contributed by atoms with Gasteiger partial charge in [0.25, 0.3) is 0 Å². The Kier molecular flexibility index (Phi) is 4.06. The lowest BCUT2D eigenvalue weighted by Gasteiger charge is -2.26. The molecule has 3 rings (SSSR count). The molecule has 0 bridgehead atoms. The monoisotopic (exact) mass is 273 g/mol. The zero-order chi connectivity index (χ0) is 13.9. The highest BCUT2D eigenvalue weighted by atomic mass is 16.5. The van der Waals surface area contributed by atoms with Crippen LogP contribution in [-0.4, -0.2) is 18.4 Å². The van der Waals surface area contributed by atoms with Gasteiger partial charge in [0, 0.05) is 11.5 Å². The summed E-state index contributed by atoms with van der Waals surface area (Å²) in [6.45, 7) is 0.758. The summed E-state index contributed by atoms with van der Waals surface area (Å²) in [6.07, 6.45) is 6.88. The summed E-state index contributed by atoms with van der Waals surface area (Å²) in [7, 11) is 0. The Balaban J connectivity index is 1.58. The minimum absolute atomic E-state index is 0.188. The quantitative estimate of drug-likeness (QED) is 0.838. The summed E-state index contributed by atoms with van der Waals surface area (Å²) in [6, 6.07) is 7.68. The number of carbonyl (C=O) groups is 1. The van der Waals surface area contributed by atoms with E-state index in [1.165, 1.54) is 0 Å². The topological polar surface area (TPSA) is 52.3 Å². The zero-order valence-corrected chi connectivity index (χ0v) is 11.9. The van der Waals surface area contributed by atoms with Crippen LogP contribution in [0.15, 0.2) is 24.3 Å². The molecule has 0 saturated heterocycles. The molecule has 2 aliphatic carbocycles. The van der Waals surface area contributed by atoms with Gasteiger partial charge in [-0.1, -0.05) is 0 Å². The molecule has 3 nitrogen and oxygen atoms in total. The van der Waals surface area contributed by atoms with Crippen LogP contribution in [0.1, 0.15) is 48.9 Å². The lowest BCUT2D eigenvalue weighted by atomic mass is 9.78. The maximum Gasteiger partial charge on any atom is 0.165 e. The number of ketones is 1. The largest absolute Gasteiger partial charge is 0.490 e. The third kappa shape index (κ3) is 3.21. The van der Waals surface area contributed by atoms with Crippen molar-refractivity contribution >= 4 is 5.78 Å². The lowest BCUT2D eigenvalue weighted by Crippen LogP contribution is -2.25. The summed E-state index contributed by atoms with van der Waals surface area (Å²) in [5.74, 6) is 1.98. The van der Waals surface area contributed by atoms with Crippen molar-refractivity contribution in [3.05, 3.63) is 29.8 Å². The van der Waals surface area contributed by atoms with E-state index in [0.29, 0.717) is 17.8 Å². The highest BCUT2D eigenvalue weighted by molar-refractivity contribution is 5.98. The Morgan fingerprint density at radius 1 is 1.05 bits per heavy atom. The molecular formula is C17H23NO2. The number of Topliss-reactive ketones (excluding diaryl/α,β-unsaturated/α-hetero) is 1. The second kappa shape index (κ2) is 5.96. The number of hydrogen-bond acceptors (Lipinski definition) is 3. The van der Waals surface area contributed by atoms with Crippen LogP contribution in [0.3, 0.4) is 0 Å². The van der Waals surface area contributed by atoms with Gasteiger partial charge in [0.05, 0.1) is 6.10 Å². The standard InChI is InChI=1S/C17H23NO2/c18-11-12-1-3-13(4-2-12)17(19)14-5-7-15(8-6-14)20-16-9-10-16/h5-8,12-13,16H,1-4,9-11,18H2. The second-order valence-electron chi connectivity index (χ2n) is 6.16. The van der Waals surface area contributed by atoms with Crippen molar-refractivity contribution in [1.29, 1.82) is 0 Å². The Labute approximate surface area is 120 Å². The number of ether oxygens (including phenoxy) is 1. The van der Waals surface area contributed by atoms with Gasteiger partial charge >= 0.3 is 0 Å². The van der Waals surface area contributed by atoms with Crippen LogP contribution >= 0.6 is 0 Å². The average molecular weight is 273 g/mol. The van der Waals surface area contributed by atoms with Crippen LogP contribution in [0, 0.1) is 11.8 Å². The molecule has 0 unspecified atom stereocenters. The van der Waals surface area contributed by atoms with Crippen molar-refractivity contribution in [2.75, 3.05) is 6.54 Å². The Morgan fingerprint density at radius 2 is 1.70 bits per heavy atom. The van der Waals surface area contributed by atoms with E-state index in [9.17, 15) is 4.79 Å². The minimum atomic E-state index is 0.188. The third-order valence-corrected chi connectivity index (χ3v) is 4.52. The van der Waals surface area contributed by atoms with Gasteiger partial charge in [0.15, 0.2) is 5.78 Å². The number of rotatable bonds is 5. The molecule has 1 aromatic rings. The molecule has 2 aliphatic rings. The molecule has 1 aromatic carbocycles. The molecule has 3 heteroatoms. The fourth-order valence-electron chi connectivity index (χ4n) is 2.97. The van der Waals surface area contributed by atoms with Crippen LogP contribution in [0.25, 0.3) is 0 Å². The predicted octanol–water partition coefficient (Wildman–Crippen LogP) is 3.18. The smallest absolute Gasteiger partial charge is 0.165 e. The first-order valence-electron chi connectivity index (χ1n) is 7.77. The molecular weight excluding hydrogens is 250 g/mol. The van der Waals surface area contributed by atoms with Gasteiger partial charge in [-0.3, -0.25) is 4.79 Å².